The van der Waals surface area contributed by atoms with Crippen LogP contribution in [0, 0.1) is 0 Å². The van der Waals surface area contributed by atoms with Crippen LogP contribution in [0.3, 0.4) is 0 Å². The van der Waals surface area contributed by atoms with E-state index in [1.54, 1.807) is 18.2 Å². The fraction of sp³-hybridized carbons (Fsp3) is 0.533. The van der Waals surface area contributed by atoms with Crippen LogP contribution in [-0.4, -0.2) is 43.7 Å². The first-order chi connectivity index (χ1) is 9.63. The summed E-state index contributed by atoms with van der Waals surface area (Å²) in [6.07, 6.45) is 2.18. The molecule has 1 aliphatic rings. The van der Waals surface area contributed by atoms with Crippen molar-refractivity contribution >= 4 is 23.3 Å². The van der Waals surface area contributed by atoms with Crippen LogP contribution in [0.2, 0.25) is 5.02 Å². The van der Waals surface area contributed by atoms with Gasteiger partial charge in [-0.2, -0.15) is 0 Å². The van der Waals surface area contributed by atoms with Crippen LogP contribution in [0.1, 0.15) is 30.1 Å². The highest BCUT2D eigenvalue weighted by molar-refractivity contribution is 6.33. The zero-order valence-electron chi connectivity index (χ0n) is 12.0. The summed E-state index contributed by atoms with van der Waals surface area (Å²) in [6, 6.07) is 5.58. The molecule has 1 aromatic rings. The van der Waals surface area contributed by atoms with Crippen LogP contribution in [-0.2, 0) is 4.74 Å². The Morgan fingerprint density at radius 1 is 1.45 bits per heavy atom. The zero-order valence-corrected chi connectivity index (χ0v) is 12.7. The number of methoxy groups -OCH3 is 1. The standard InChI is InChI=1S/C15H21ClN2O2/c1-3-18-8-6-12(7-9-18)17-14-10-11(15(19)20-2)4-5-13(14)16/h4-5,10,12,17H,3,6-9H2,1-2H3. The van der Waals surface area contributed by atoms with E-state index < -0.39 is 0 Å². The number of ether oxygens (including phenoxy) is 1. The lowest BCUT2D eigenvalue weighted by Crippen LogP contribution is -2.38. The fourth-order valence-corrected chi connectivity index (χ4v) is 2.67. The molecule has 0 bridgehead atoms. The third-order valence-electron chi connectivity index (χ3n) is 3.78. The molecule has 1 saturated heterocycles. The predicted molar refractivity (Wildman–Crippen MR) is 81.6 cm³/mol. The van der Waals surface area contributed by atoms with Crippen molar-refractivity contribution in [1.82, 2.24) is 4.90 Å². The monoisotopic (exact) mass is 296 g/mol. The van der Waals surface area contributed by atoms with Crippen LogP contribution < -0.4 is 5.32 Å². The minimum Gasteiger partial charge on any atom is -0.465 e. The number of esters is 1. The number of likely N-dealkylation sites (tertiary alicyclic amines) is 1. The summed E-state index contributed by atoms with van der Waals surface area (Å²) < 4.78 is 4.73. The highest BCUT2D eigenvalue weighted by atomic mass is 35.5. The number of hydrogen-bond acceptors (Lipinski definition) is 4. The maximum atomic E-state index is 11.6. The number of nitrogens with zero attached hydrogens (tertiary/aromatic N) is 1. The Kier molecular flexibility index (Phi) is 5.26. The third-order valence-corrected chi connectivity index (χ3v) is 4.11. The van der Waals surface area contributed by atoms with Gasteiger partial charge in [0.2, 0.25) is 0 Å². The number of benzene rings is 1. The second-order valence-corrected chi connectivity index (χ2v) is 5.45. The molecule has 1 N–H and O–H groups in total. The molecule has 0 saturated carbocycles. The Labute approximate surface area is 125 Å². The van der Waals surface area contributed by atoms with Crippen molar-refractivity contribution in [2.45, 2.75) is 25.8 Å². The minimum atomic E-state index is -0.342. The summed E-state index contributed by atoms with van der Waals surface area (Å²) >= 11 is 6.19. The van der Waals surface area contributed by atoms with Crippen molar-refractivity contribution in [2.24, 2.45) is 0 Å². The molecule has 110 valence electrons. The van der Waals surface area contributed by atoms with E-state index in [2.05, 4.69) is 17.1 Å². The van der Waals surface area contributed by atoms with Gasteiger partial charge in [-0.1, -0.05) is 18.5 Å². The van der Waals surface area contributed by atoms with Gasteiger partial charge in [0.15, 0.2) is 0 Å². The maximum Gasteiger partial charge on any atom is 0.337 e. The molecule has 1 heterocycles. The zero-order chi connectivity index (χ0) is 14.5. The molecule has 5 heteroatoms. The van der Waals surface area contributed by atoms with E-state index in [1.165, 1.54) is 7.11 Å². The number of carbonyl (C=O) groups excluding carboxylic acids is 1. The van der Waals surface area contributed by atoms with Gasteiger partial charge < -0.3 is 15.0 Å². The van der Waals surface area contributed by atoms with Gasteiger partial charge in [-0.05, 0) is 37.6 Å². The van der Waals surface area contributed by atoms with Crippen molar-refractivity contribution in [1.29, 1.82) is 0 Å². The molecular formula is C15H21ClN2O2. The molecule has 0 amide bonds. The number of halogens is 1. The minimum absolute atomic E-state index is 0.342. The summed E-state index contributed by atoms with van der Waals surface area (Å²) in [5.41, 5.74) is 1.33. The van der Waals surface area contributed by atoms with Crippen LogP contribution in [0.15, 0.2) is 18.2 Å². The quantitative estimate of drug-likeness (QED) is 0.867. The Morgan fingerprint density at radius 2 is 2.15 bits per heavy atom. The average molecular weight is 297 g/mol. The van der Waals surface area contributed by atoms with Crippen molar-refractivity contribution in [2.75, 3.05) is 32.1 Å². The molecule has 1 aromatic carbocycles. The van der Waals surface area contributed by atoms with Crippen LogP contribution in [0.5, 0.6) is 0 Å². The van der Waals surface area contributed by atoms with Gasteiger partial charge in [-0.3, -0.25) is 0 Å². The summed E-state index contributed by atoms with van der Waals surface area (Å²) in [4.78, 5) is 14.0. The van der Waals surface area contributed by atoms with E-state index in [-0.39, 0.29) is 5.97 Å². The van der Waals surface area contributed by atoms with Crippen molar-refractivity contribution in [3.05, 3.63) is 28.8 Å². The second-order valence-electron chi connectivity index (χ2n) is 5.04. The highest BCUT2D eigenvalue weighted by Gasteiger charge is 2.19. The molecule has 0 radical (unpaired) electrons. The number of piperidine rings is 1. The maximum absolute atomic E-state index is 11.6. The lowest BCUT2D eigenvalue weighted by Gasteiger charge is -2.32. The average Bonchev–Trinajstić information content (AvgIpc) is 2.49. The number of carbonyl (C=O) groups is 1. The van der Waals surface area contributed by atoms with Gasteiger partial charge in [0.25, 0.3) is 0 Å². The molecule has 1 aliphatic heterocycles. The van der Waals surface area contributed by atoms with Gasteiger partial charge in [0, 0.05) is 19.1 Å². The summed E-state index contributed by atoms with van der Waals surface area (Å²) in [5.74, 6) is -0.342. The van der Waals surface area contributed by atoms with E-state index in [4.69, 9.17) is 16.3 Å². The SMILES string of the molecule is CCN1CCC(Nc2cc(C(=O)OC)ccc2Cl)CC1. The van der Waals surface area contributed by atoms with Crippen molar-refractivity contribution in [3.8, 4) is 0 Å². The van der Waals surface area contributed by atoms with Gasteiger partial charge in [-0.15, -0.1) is 0 Å². The largest absolute Gasteiger partial charge is 0.465 e. The Bertz CT molecular complexity index is 471. The Balaban J connectivity index is 2.03. The normalized spacial score (nSPS) is 16.9. The first-order valence-corrected chi connectivity index (χ1v) is 7.38. The van der Waals surface area contributed by atoms with E-state index in [1.807, 2.05) is 0 Å². The van der Waals surface area contributed by atoms with E-state index in [9.17, 15) is 4.79 Å². The first-order valence-electron chi connectivity index (χ1n) is 7.00. The summed E-state index contributed by atoms with van der Waals surface area (Å²) in [5, 5.41) is 4.08. The molecule has 0 atom stereocenters. The van der Waals surface area contributed by atoms with E-state index in [0.29, 0.717) is 16.6 Å². The third kappa shape index (κ3) is 3.64. The number of hydrogen-bond donors (Lipinski definition) is 1. The smallest absolute Gasteiger partial charge is 0.337 e. The molecule has 0 spiro atoms. The van der Waals surface area contributed by atoms with Crippen LogP contribution in [0.4, 0.5) is 5.69 Å². The molecule has 4 nitrogen and oxygen atoms in total. The van der Waals surface area contributed by atoms with Crippen molar-refractivity contribution < 1.29 is 9.53 Å². The molecule has 2 rings (SSSR count). The molecule has 1 fully saturated rings. The van der Waals surface area contributed by atoms with Gasteiger partial charge in [-0.25, -0.2) is 4.79 Å². The van der Waals surface area contributed by atoms with E-state index >= 15 is 0 Å². The fourth-order valence-electron chi connectivity index (χ4n) is 2.49. The summed E-state index contributed by atoms with van der Waals surface area (Å²) in [6.45, 7) is 5.49. The van der Waals surface area contributed by atoms with Gasteiger partial charge >= 0.3 is 5.97 Å². The molecular weight excluding hydrogens is 276 g/mol. The first kappa shape index (κ1) is 15.1. The lowest BCUT2D eigenvalue weighted by atomic mass is 10.0. The molecule has 0 aliphatic carbocycles. The van der Waals surface area contributed by atoms with Gasteiger partial charge in [0.05, 0.1) is 23.4 Å². The Hall–Kier alpha value is -1.26. The summed E-state index contributed by atoms with van der Waals surface area (Å²) in [7, 11) is 1.38. The van der Waals surface area contributed by atoms with Crippen LogP contribution in [0.25, 0.3) is 0 Å². The lowest BCUT2D eigenvalue weighted by molar-refractivity contribution is 0.0601. The Morgan fingerprint density at radius 3 is 2.75 bits per heavy atom. The molecule has 0 aromatic heterocycles. The molecule has 0 unspecified atom stereocenters. The topological polar surface area (TPSA) is 41.6 Å². The van der Waals surface area contributed by atoms with Gasteiger partial charge in [0.1, 0.15) is 0 Å². The predicted octanol–water partition coefficient (Wildman–Crippen LogP) is 3.02. The number of anilines is 1. The van der Waals surface area contributed by atoms with Crippen molar-refractivity contribution in [3.63, 3.8) is 0 Å². The number of rotatable bonds is 4. The van der Waals surface area contributed by atoms with E-state index in [0.717, 1.165) is 38.2 Å². The highest BCUT2D eigenvalue weighted by Crippen LogP contribution is 2.26. The second kappa shape index (κ2) is 6.95. The number of nitrogens with one attached hydrogen (secondary N) is 1. The van der Waals surface area contributed by atoms with Crippen LogP contribution >= 0.6 is 11.6 Å². The molecule has 20 heavy (non-hydrogen) atoms.